The van der Waals surface area contributed by atoms with Gasteiger partial charge in [0.05, 0.1) is 0 Å². The van der Waals surface area contributed by atoms with Gasteiger partial charge < -0.3 is 13.1 Å². The third-order valence-corrected chi connectivity index (χ3v) is 6.23. The molecular formula is C25H50KNaO4. The molecule has 0 unspecified atom stereocenters. The first-order valence-electron chi connectivity index (χ1n) is 12.5. The molecule has 0 rings (SSSR count). The number of carboxylic acids is 2. The first-order chi connectivity index (χ1) is 14.0. The Morgan fingerprint density at radius 1 is 0.548 bits per heavy atom. The predicted octanol–water partition coefficient (Wildman–Crippen LogP) is 2.22. The van der Waals surface area contributed by atoms with E-state index in [-0.39, 0.29) is 96.6 Å². The van der Waals surface area contributed by atoms with Gasteiger partial charge in [-0.05, 0) is 12.8 Å². The largest absolute Gasteiger partial charge is 1.00 e. The Labute approximate surface area is 260 Å². The van der Waals surface area contributed by atoms with Crippen molar-refractivity contribution in [2.45, 2.75) is 142 Å². The van der Waals surface area contributed by atoms with E-state index in [1.165, 1.54) is 77.0 Å². The monoisotopic (exact) mass is 476 g/mol. The number of carbonyl (C=O) groups is 2. The summed E-state index contributed by atoms with van der Waals surface area (Å²) in [5, 5.41) is 19.3. The van der Waals surface area contributed by atoms with Gasteiger partial charge in [0.2, 0.25) is 0 Å². The summed E-state index contributed by atoms with van der Waals surface area (Å²) in [4.78, 5) is 23.6. The molecule has 0 bridgehead atoms. The van der Waals surface area contributed by atoms with Crippen molar-refractivity contribution in [1.29, 1.82) is 0 Å². The topological polar surface area (TPSA) is 74.6 Å². The molecule has 0 amide bonds. The van der Waals surface area contributed by atoms with Gasteiger partial charge in [-0.15, -0.1) is 0 Å². The van der Waals surface area contributed by atoms with E-state index >= 15 is 0 Å². The summed E-state index contributed by atoms with van der Waals surface area (Å²) in [6.07, 6.45) is 21.1. The molecule has 176 valence electrons. The summed E-state index contributed by atoms with van der Waals surface area (Å²) in [6, 6.07) is 0. The van der Waals surface area contributed by atoms with Crippen molar-refractivity contribution in [2.24, 2.45) is 5.41 Å². The van der Waals surface area contributed by atoms with E-state index in [4.69, 9.17) is 0 Å². The average molecular weight is 477 g/mol. The van der Waals surface area contributed by atoms with Gasteiger partial charge >= 0.3 is 92.9 Å². The molecule has 0 atom stereocenters. The number of hydrogen-bond acceptors (Lipinski definition) is 2. The van der Waals surface area contributed by atoms with E-state index in [9.17, 15) is 19.8 Å². The summed E-state index contributed by atoms with van der Waals surface area (Å²) in [5.74, 6) is -2.30. The second-order valence-corrected chi connectivity index (χ2v) is 8.85. The summed E-state index contributed by atoms with van der Waals surface area (Å²) in [5.41, 5.74) is -1.58. The van der Waals surface area contributed by atoms with Gasteiger partial charge in [0.25, 0.3) is 0 Å². The van der Waals surface area contributed by atoms with E-state index in [2.05, 4.69) is 13.8 Å². The van der Waals surface area contributed by atoms with Crippen LogP contribution >= 0.6 is 0 Å². The molecule has 6 heteroatoms. The summed E-state index contributed by atoms with van der Waals surface area (Å²) in [7, 11) is 0. The van der Waals surface area contributed by atoms with Crippen LogP contribution in [-0.4, -0.2) is 22.2 Å². The van der Waals surface area contributed by atoms with Gasteiger partial charge in [-0.1, -0.05) is 129 Å². The van der Waals surface area contributed by atoms with Crippen LogP contribution in [0.3, 0.4) is 0 Å². The molecule has 0 saturated heterocycles. The standard InChI is InChI=1S/C25H48O4.K.Na.2H/c1-3-5-7-9-11-13-14-16-18-20-22-25(23(26)27,24(28)29)21-19-17-15-12-10-8-6-4-2;;;;/h3-22H2,1-2H3,(H,26,27)(H,28,29);;;;/q;2*+1;2*-1. The number of unbranched alkanes of at least 4 members (excludes halogenated alkanes) is 16. The number of carboxylic acid groups (broad SMARTS) is 2. The van der Waals surface area contributed by atoms with Gasteiger partial charge in [0, 0.05) is 0 Å². The second-order valence-electron chi connectivity index (χ2n) is 8.85. The smallest absolute Gasteiger partial charge is 1.00 e. The fraction of sp³-hybridized carbons (Fsp3) is 0.920. The Morgan fingerprint density at radius 2 is 0.774 bits per heavy atom. The summed E-state index contributed by atoms with van der Waals surface area (Å²) < 4.78 is 0. The zero-order valence-corrected chi connectivity index (χ0v) is 26.5. The average Bonchev–Trinajstić information content (AvgIpc) is 2.69. The second kappa shape index (κ2) is 26.2. The minimum Gasteiger partial charge on any atom is -1.00 e. The molecule has 31 heavy (non-hydrogen) atoms. The van der Waals surface area contributed by atoms with Crippen LogP contribution in [0.2, 0.25) is 0 Å². The van der Waals surface area contributed by atoms with Crippen LogP contribution in [0.25, 0.3) is 0 Å². The third kappa shape index (κ3) is 19.6. The molecule has 0 aromatic rings. The number of rotatable bonds is 22. The number of hydrogen-bond donors (Lipinski definition) is 2. The van der Waals surface area contributed by atoms with Crippen molar-refractivity contribution in [3.63, 3.8) is 0 Å². The summed E-state index contributed by atoms with van der Waals surface area (Å²) in [6.45, 7) is 4.43. The van der Waals surface area contributed by atoms with Crippen molar-refractivity contribution in [3.05, 3.63) is 0 Å². The maximum atomic E-state index is 11.8. The van der Waals surface area contributed by atoms with Crippen LogP contribution in [0.1, 0.15) is 145 Å². The van der Waals surface area contributed by atoms with Crippen molar-refractivity contribution in [1.82, 2.24) is 0 Å². The van der Waals surface area contributed by atoms with Crippen molar-refractivity contribution in [3.8, 4) is 0 Å². The molecule has 0 radical (unpaired) electrons. The molecule has 0 aliphatic carbocycles. The Kier molecular flexibility index (Phi) is 31.4. The maximum Gasteiger partial charge on any atom is 1.00 e. The molecule has 4 nitrogen and oxygen atoms in total. The Bertz CT molecular complexity index is 415. The van der Waals surface area contributed by atoms with Gasteiger partial charge in [0.15, 0.2) is 5.41 Å². The molecule has 0 aromatic heterocycles. The minimum absolute atomic E-state index is 0. The fourth-order valence-corrected chi connectivity index (χ4v) is 4.12. The minimum atomic E-state index is -1.58. The van der Waals surface area contributed by atoms with Crippen LogP contribution in [0, 0.1) is 5.41 Å². The maximum absolute atomic E-state index is 11.8. The van der Waals surface area contributed by atoms with E-state index in [0.717, 1.165) is 25.7 Å². The molecule has 0 saturated carbocycles. The van der Waals surface area contributed by atoms with Crippen molar-refractivity contribution >= 4 is 11.9 Å². The number of aliphatic carboxylic acids is 2. The molecule has 0 aliphatic heterocycles. The van der Waals surface area contributed by atoms with Gasteiger partial charge in [-0.25, -0.2) is 0 Å². The quantitative estimate of drug-likeness (QED) is 0.143. The summed E-state index contributed by atoms with van der Waals surface area (Å²) >= 11 is 0. The molecule has 0 fully saturated rings. The Morgan fingerprint density at radius 3 is 1.00 bits per heavy atom. The van der Waals surface area contributed by atoms with Gasteiger partial charge in [0.1, 0.15) is 0 Å². The first-order valence-corrected chi connectivity index (χ1v) is 12.5. The molecule has 0 aromatic carbocycles. The normalized spacial score (nSPS) is 10.9. The van der Waals surface area contributed by atoms with Crippen LogP contribution in [0.5, 0.6) is 0 Å². The Balaban J connectivity index is -0.000000653. The predicted molar refractivity (Wildman–Crippen MR) is 124 cm³/mol. The zero-order valence-electron chi connectivity index (χ0n) is 23.4. The molecule has 0 heterocycles. The molecule has 0 spiro atoms. The van der Waals surface area contributed by atoms with Crippen LogP contribution in [-0.2, 0) is 9.59 Å². The van der Waals surface area contributed by atoms with E-state index in [1.54, 1.807) is 0 Å². The van der Waals surface area contributed by atoms with E-state index in [1.807, 2.05) is 0 Å². The van der Waals surface area contributed by atoms with Crippen LogP contribution < -0.4 is 80.9 Å². The third-order valence-electron chi connectivity index (χ3n) is 6.23. The van der Waals surface area contributed by atoms with Crippen LogP contribution in [0.15, 0.2) is 0 Å². The SMILES string of the molecule is CCCCCCCCCCCCC(CCCCCCCCCC)(C(=O)O)C(=O)O.[H-].[H-].[K+].[Na+]. The zero-order chi connectivity index (χ0) is 21.8. The van der Waals surface area contributed by atoms with Crippen molar-refractivity contribution in [2.75, 3.05) is 0 Å². The fourth-order valence-electron chi connectivity index (χ4n) is 4.12. The van der Waals surface area contributed by atoms with E-state index < -0.39 is 17.4 Å². The van der Waals surface area contributed by atoms with Crippen LogP contribution in [0.4, 0.5) is 0 Å². The molecular weight excluding hydrogens is 426 g/mol. The van der Waals surface area contributed by atoms with E-state index in [0.29, 0.717) is 12.8 Å². The first kappa shape index (κ1) is 37.1. The molecule has 0 aliphatic rings. The van der Waals surface area contributed by atoms with Gasteiger partial charge in [-0.3, -0.25) is 9.59 Å². The Hall–Kier alpha value is 1.58. The van der Waals surface area contributed by atoms with Gasteiger partial charge in [-0.2, -0.15) is 0 Å². The molecule has 2 N–H and O–H groups in total. The van der Waals surface area contributed by atoms with Crippen molar-refractivity contribution < 1.29 is 104 Å².